The number of nitrogens with zero attached hydrogens (tertiary/aromatic N) is 2. The Morgan fingerprint density at radius 3 is 2.47 bits per heavy atom. The van der Waals surface area contributed by atoms with Gasteiger partial charge in [-0.1, -0.05) is 24.3 Å². The van der Waals surface area contributed by atoms with Crippen molar-refractivity contribution in [2.75, 3.05) is 11.9 Å². The van der Waals surface area contributed by atoms with Gasteiger partial charge in [0, 0.05) is 12.7 Å². The number of carbonyl (C=O) groups excluding carboxylic acids is 1. The Hall–Kier alpha value is -2.23. The lowest BCUT2D eigenvalue weighted by atomic mass is 10.2. The molecule has 2 aromatic rings. The molecule has 0 spiro atoms. The van der Waals surface area contributed by atoms with Crippen LogP contribution in [0, 0.1) is 5.95 Å². The number of halogens is 1. The molecule has 2 rings (SSSR count). The van der Waals surface area contributed by atoms with Crippen LogP contribution in [0.1, 0.15) is 10.5 Å². The first-order valence-electron chi connectivity index (χ1n) is 5.14. The second-order valence-electron chi connectivity index (χ2n) is 3.55. The van der Waals surface area contributed by atoms with Gasteiger partial charge in [-0.25, -0.2) is 4.98 Å². The molecule has 3 nitrogen and oxygen atoms in total. The van der Waals surface area contributed by atoms with Crippen molar-refractivity contribution in [3.8, 4) is 0 Å². The van der Waals surface area contributed by atoms with Crippen molar-refractivity contribution in [3.05, 3.63) is 60.2 Å². The first-order chi connectivity index (χ1) is 8.18. The summed E-state index contributed by atoms with van der Waals surface area (Å²) in [4.78, 5) is 17.0. The van der Waals surface area contributed by atoms with Crippen molar-refractivity contribution >= 4 is 11.6 Å². The van der Waals surface area contributed by atoms with E-state index in [1.54, 1.807) is 19.2 Å². The van der Waals surface area contributed by atoms with Crippen LogP contribution in [0.4, 0.5) is 10.1 Å². The van der Waals surface area contributed by atoms with E-state index in [1.807, 2.05) is 18.2 Å². The molecular formula is C13H11FN2O. The van der Waals surface area contributed by atoms with Gasteiger partial charge in [0.05, 0.1) is 0 Å². The van der Waals surface area contributed by atoms with Crippen molar-refractivity contribution in [3.63, 3.8) is 0 Å². The van der Waals surface area contributed by atoms with Gasteiger partial charge in [0.2, 0.25) is 5.95 Å². The molecule has 0 bridgehead atoms. The smallest absolute Gasteiger partial charge is 0.276 e. The third kappa shape index (κ3) is 2.47. The summed E-state index contributed by atoms with van der Waals surface area (Å²) in [5.41, 5.74) is 0.833. The predicted molar refractivity (Wildman–Crippen MR) is 63.4 cm³/mol. The molecule has 0 unspecified atom stereocenters. The van der Waals surface area contributed by atoms with Gasteiger partial charge in [-0.3, -0.25) is 4.79 Å². The van der Waals surface area contributed by atoms with Crippen molar-refractivity contribution in [1.82, 2.24) is 4.98 Å². The van der Waals surface area contributed by atoms with Crippen LogP contribution in [0.25, 0.3) is 0 Å². The maximum Gasteiger partial charge on any atom is 0.276 e. The molecule has 1 aromatic carbocycles. The van der Waals surface area contributed by atoms with Crippen LogP contribution in [-0.4, -0.2) is 17.9 Å². The van der Waals surface area contributed by atoms with Crippen molar-refractivity contribution in [2.24, 2.45) is 0 Å². The molecule has 1 aromatic heterocycles. The number of hydrogen-bond acceptors (Lipinski definition) is 2. The molecule has 0 saturated carbocycles. The Morgan fingerprint density at radius 2 is 1.82 bits per heavy atom. The van der Waals surface area contributed by atoms with Gasteiger partial charge in [0.15, 0.2) is 0 Å². The van der Waals surface area contributed by atoms with Crippen LogP contribution in [0.15, 0.2) is 48.5 Å². The summed E-state index contributed by atoms with van der Waals surface area (Å²) in [7, 11) is 1.63. The highest BCUT2D eigenvalue weighted by molar-refractivity contribution is 6.04. The predicted octanol–water partition coefficient (Wildman–Crippen LogP) is 2.50. The Kier molecular flexibility index (Phi) is 3.14. The lowest BCUT2D eigenvalue weighted by molar-refractivity contribution is 0.0987. The number of hydrogen-bond donors (Lipinski definition) is 0. The van der Waals surface area contributed by atoms with E-state index in [-0.39, 0.29) is 11.6 Å². The van der Waals surface area contributed by atoms with Crippen LogP contribution in [0.3, 0.4) is 0 Å². The monoisotopic (exact) mass is 230 g/mol. The molecule has 1 amide bonds. The van der Waals surface area contributed by atoms with Crippen LogP contribution in [0.2, 0.25) is 0 Å². The number of para-hydroxylation sites is 1. The molecule has 0 saturated heterocycles. The highest BCUT2D eigenvalue weighted by atomic mass is 19.1. The van der Waals surface area contributed by atoms with Crippen LogP contribution >= 0.6 is 0 Å². The molecule has 0 atom stereocenters. The molecule has 86 valence electrons. The lowest BCUT2D eigenvalue weighted by Gasteiger charge is -2.16. The zero-order chi connectivity index (χ0) is 12.3. The molecule has 0 radical (unpaired) electrons. The number of carbonyl (C=O) groups is 1. The molecule has 0 fully saturated rings. The first-order valence-corrected chi connectivity index (χ1v) is 5.14. The Morgan fingerprint density at radius 1 is 1.12 bits per heavy atom. The average molecular weight is 230 g/mol. The van der Waals surface area contributed by atoms with Crippen molar-refractivity contribution in [1.29, 1.82) is 0 Å². The van der Waals surface area contributed by atoms with E-state index in [1.165, 1.54) is 23.1 Å². The third-order valence-corrected chi connectivity index (χ3v) is 2.38. The minimum Gasteiger partial charge on any atom is -0.310 e. The summed E-state index contributed by atoms with van der Waals surface area (Å²) in [5, 5.41) is 0. The maximum atomic E-state index is 12.9. The van der Waals surface area contributed by atoms with E-state index in [0.717, 1.165) is 5.69 Å². The first kappa shape index (κ1) is 11.3. The van der Waals surface area contributed by atoms with Crippen molar-refractivity contribution in [2.45, 2.75) is 0 Å². The van der Waals surface area contributed by atoms with Gasteiger partial charge in [-0.15, -0.1) is 0 Å². The summed E-state index contributed by atoms with van der Waals surface area (Å²) in [6.07, 6.45) is 0. The van der Waals surface area contributed by atoms with Crippen LogP contribution in [-0.2, 0) is 0 Å². The molecule has 0 aliphatic heterocycles. The SMILES string of the molecule is CN(C(=O)c1cccc(F)n1)c1ccccc1. The Labute approximate surface area is 98.5 Å². The number of benzene rings is 1. The molecule has 17 heavy (non-hydrogen) atoms. The minimum atomic E-state index is -0.655. The highest BCUT2D eigenvalue weighted by Gasteiger charge is 2.14. The highest BCUT2D eigenvalue weighted by Crippen LogP contribution is 2.13. The van der Waals surface area contributed by atoms with Gasteiger partial charge in [-0.2, -0.15) is 4.39 Å². The zero-order valence-electron chi connectivity index (χ0n) is 9.30. The van der Waals surface area contributed by atoms with Gasteiger partial charge < -0.3 is 4.90 Å². The maximum absolute atomic E-state index is 12.9. The molecule has 0 aliphatic carbocycles. The lowest BCUT2D eigenvalue weighted by Crippen LogP contribution is -2.27. The van der Waals surface area contributed by atoms with E-state index >= 15 is 0 Å². The third-order valence-electron chi connectivity index (χ3n) is 2.38. The quantitative estimate of drug-likeness (QED) is 0.742. The molecule has 4 heteroatoms. The number of amides is 1. The molecular weight excluding hydrogens is 219 g/mol. The summed E-state index contributed by atoms with van der Waals surface area (Å²) in [5.74, 6) is -0.993. The summed E-state index contributed by atoms with van der Waals surface area (Å²) < 4.78 is 12.9. The second-order valence-corrected chi connectivity index (χ2v) is 3.55. The Balaban J connectivity index is 2.27. The minimum absolute atomic E-state index is 0.0938. The fourth-order valence-electron chi connectivity index (χ4n) is 1.47. The van der Waals surface area contributed by atoms with Crippen LogP contribution < -0.4 is 4.90 Å². The van der Waals surface area contributed by atoms with Crippen LogP contribution in [0.5, 0.6) is 0 Å². The standard InChI is InChI=1S/C13H11FN2O/c1-16(10-6-3-2-4-7-10)13(17)11-8-5-9-12(14)15-11/h2-9H,1H3. The fourth-order valence-corrected chi connectivity index (χ4v) is 1.47. The fraction of sp³-hybridized carbons (Fsp3) is 0.0769. The topological polar surface area (TPSA) is 33.2 Å². The number of aromatic nitrogens is 1. The van der Waals surface area contributed by atoms with Gasteiger partial charge in [0.25, 0.3) is 5.91 Å². The summed E-state index contributed by atoms with van der Waals surface area (Å²) in [6.45, 7) is 0. The number of rotatable bonds is 2. The van der Waals surface area contributed by atoms with Crippen molar-refractivity contribution < 1.29 is 9.18 Å². The molecule has 0 aliphatic rings. The molecule has 1 heterocycles. The van der Waals surface area contributed by atoms with Gasteiger partial charge in [-0.05, 0) is 24.3 Å². The largest absolute Gasteiger partial charge is 0.310 e. The van der Waals surface area contributed by atoms with E-state index in [0.29, 0.717) is 0 Å². The molecule has 0 N–H and O–H groups in total. The van der Waals surface area contributed by atoms with Gasteiger partial charge in [0.1, 0.15) is 5.69 Å². The normalized spacial score (nSPS) is 10.0. The summed E-state index contributed by atoms with van der Waals surface area (Å²) >= 11 is 0. The Bertz CT molecular complexity index is 528. The van der Waals surface area contributed by atoms with E-state index in [2.05, 4.69) is 4.98 Å². The van der Waals surface area contributed by atoms with E-state index in [4.69, 9.17) is 0 Å². The second kappa shape index (κ2) is 4.74. The number of anilines is 1. The van der Waals surface area contributed by atoms with E-state index in [9.17, 15) is 9.18 Å². The zero-order valence-corrected chi connectivity index (χ0v) is 9.30. The van der Waals surface area contributed by atoms with E-state index < -0.39 is 5.95 Å². The summed E-state index contributed by atoms with van der Waals surface area (Å²) in [6, 6.07) is 13.3. The average Bonchev–Trinajstić information content (AvgIpc) is 2.38. The van der Waals surface area contributed by atoms with Gasteiger partial charge >= 0.3 is 0 Å². The number of pyridine rings is 1.